The molecular weight excluding hydrogens is 274 g/mol. The second-order valence-electron chi connectivity index (χ2n) is 3.19. The number of anilines is 1. The summed E-state index contributed by atoms with van der Waals surface area (Å²) >= 11 is 5.29. The molecule has 1 nitrogen and oxygen atoms in total. The Labute approximate surface area is 137 Å². The van der Waals surface area contributed by atoms with Crippen LogP contribution in [0.5, 0.6) is 0 Å². The molecule has 0 unspecified atom stereocenters. The van der Waals surface area contributed by atoms with E-state index in [1.54, 1.807) is 0 Å². The van der Waals surface area contributed by atoms with Gasteiger partial charge < -0.3 is 5.32 Å². The summed E-state index contributed by atoms with van der Waals surface area (Å²) in [6, 6.07) is 19.9. The quantitative estimate of drug-likeness (QED) is 0.612. The maximum absolute atomic E-state index is 5.29. The summed E-state index contributed by atoms with van der Waals surface area (Å²) in [7, 11) is 0. The van der Waals surface area contributed by atoms with Gasteiger partial charge >= 0.3 is 0 Å². The van der Waals surface area contributed by atoms with Gasteiger partial charge in [0, 0.05) is 12.7 Å². The van der Waals surface area contributed by atoms with E-state index in [-0.39, 0.29) is 1.43 Å². The van der Waals surface area contributed by atoms with Crippen molar-refractivity contribution < 1.29 is 1.43 Å². The molecular formula is C19H31NS. The van der Waals surface area contributed by atoms with Gasteiger partial charge in [-0.25, -0.2) is 0 Å². The smallest absolute Gasteiger partial charge is 0.110 e. The third kappa shape index (κ3) is 9.80. The molecule has 0 heterocycles. The minimum atomic E-state index is 0. The number of nitrogens with one attached hydrogen (secondary N) is 1. The van der Waals surface area contributed by atoms with Gasteiger partial charge in [-0.2, -0.15) is 0 Å². The molecule has 2 aromatic carbocycles. The van der Waals surface area contributed by atoms with Crippen LogP contribution in [-0.4, -0.2) is 4.99 Å². The standard InChI is InChI=1S/C13H11NS.3C2H6.H2/c15-13(11-7-3-1-4-8-11)14-12-9-5-2-6-10-12;3*1-2;/h1-10H,(H,14,15);3*1-2H3;1H. The molecule has 21 heavy (non-hydrogen) atoms. The Bertz CT molecular complexity index is 444. The molecule has 0 saturated carbocycles. The van der Waals surface area contributed by atoms with Crippen LogP contribution in [0.2, 0.25) is 0 Å². The van der Waals surface area contributed by atoms with E-state index in [9.17, 15) is 0 Å². The van der Waals surface area contributed by atoms with Gasteiger partial charge in [0.2, 0.25) is 0 Å². The van der Waals surface area contributed by atoms with E-state index in [4.69, 9.17) is 12.2 Å². The zero-order valence-electron chi connectivity index (χ0n) is 14.2. The number of thiocarbonyl (C=S) groups is 1. The SMILES string of the molecule is CC.CC.CC.S=C(Nc1ccccc1)c1ccccc1.[HH]. The van der Waals surface area contributed by atoms with Crippen molar-refractivity contribution in [3.63, 3.8) is 0 Å². The van der Waals surface area contributed by atoms with Crippen LogP contribution in [0.25, 0.3) is 0 Å². The molecule has 2 aromatic rings. The van der Waals surface area contributed by atoms with E-state index >= 15 is 0 Å². The minimum Gasteiger partial charge on any atom is -0.346 e. The van der Waals surface area contributed by atoms with E-state index in [2.05, 4.69) is 5.32 Å². The fourth-order valence-electron chi connectivity index (χ4n) is 1.31. The second kappa shape index (κ2) is 16.4. The molecule has 0 aromatic heterocycles. The Morgan fingerprint density at radius 1 is 0.714 bits per heavy atom. The summed E-state index contributed by atoms with van der Waals surface area (Å²) in [5, 5.41) is 3.19. The molecule has 0 fully saturated rings. The Morgan fingerprint density at radius 3 is 1.52 bits per heavy atom. The largest absolute Gasteiger partial charge is 0.346 e. The van der Waals surface area contributed by atoms with E-state index in [0.717, 1.165) is 16.2 Å². The first kappa shape index (κ1) is 21.6. The second-order valence-corrected chi connectivity index (χ2v) is 3.59. The van der Waals surface area contributed by atoms with Gasteiger partial charge in [-0.1, -0.05) is 102 Å². The van der Waals surface area contributed by atoms with Crippen LogP contribution >= 0.6 is 12.2 Å². The lowest BCUT2D eigenvalue weighted by Gasteiger charge is -2.07. The van der Waals surface area contributed by atoms with Crippen LogP contribution in [0, 0.1) is 0 Å². The van der Waals surface area contributed by atoms with Crippen LogP contribution in [0.1, 0.15) is 48.5 Å². The molecule has 0 spiro atoms. The lowest BCUT2D eigenvalue weighted by Crippen LogP contribution is -2.09. The minimum absolute atomic E-state index is 0. The highest BCUT2D eigenvalue weighted by molar-refractivity contribution is 7.81. The predicted octanol–water partition coefficient (Wildman–Crippen LogP) is 6.80. The summed E-state index contributed by atoms with van der Waals surface area (Å²) in [5.74, 6) is 0. The molecule has 118 valence electrons. The van der Waals surface area contributed by atoms with Gasteiger partial charge in [0.15, 0.2) is 0 Å². The fourth-order valence-corrected chi connectivity index (χ4v) is 1.57. The highest BCUT2D eigenvalue weighted by atomic mass is 32.1. The number of para-hydroxylation sites is 1. The molecule has 1 N–H and O–H groups in total. The van der Waals surface area contributed by atoms with Gasteiger partial charge in [0.25, 0.3) is 0 Å². The summed E-state index contributed by atoms with van der Waals surface area (Å²) in [5.41, 5.74) is 2.06. The highest BCUT2D eigenvalue weighted by Crippen LogP contribution is 2.08. The van der Waals surface area contributed by atoms with Crippen molar-refractivity contribution in [2.24, 2.45) is 0 Å². The lowest BCUT2D eigenvalue weighted by molar-refractivity contribution is 1.50. The number of rotatable bonds is 2. The Morgan fingerprint density at radius 2 is 1.10 bits per heavy atom. The maximum atomic E-state index is 5.29. The molecule has 0 atom stereocenters. The van der Waals surface area contributed by atoms with E-state index in [0.29, 0.717) is 0 Å². The van der Waals surface area contributed by atoms with Crippen molar-refractivity contribution in [1.29, 1.82) is 0 Å². The summed E-state index contributed by atoms with van der Waals surface area (Å²) in [6.07, 6.45) is 0. The third-order valence-corrected chi connectivity index (χ3v) is 2.41. The molecule has 0 aliphatic heterocycles. The Balaban J connectivity index is -0.000000463. The first-order valence-corrected chi connectivity index (χ1v) is 8.18. The van der Waals surface area contributed by atoms with Crippen molar-refractivity contribution in [2.45, 2.75) is 41.5 Å². The van der Waals surface area contributed by atoms with Crippen molar-refractivity contribution in [1.82, 2.24) is 0 Å². The zero-order valence-corrected chi connectivity index (χ0v) is 15.0. The molecule has 2 heteroatoms. The van der Waals surface area contributed by atoms with Crippen molar-refractivity contribution in [3.8, 4) is 0 Å². The molecule has 0 radical (unpaired) electrons. The van der Waals surface area contributed by atoms with Crippen LogP contribution in [0.4, 0.5) is 5.69 Å². The van der Waals surface area contributed by atoms with Gasteiger partial charge in [0.1, 0.15) is 4.99 Å². The van der Waals surface area contributed by atoms with Crippen molar-refractivity contribution >= 4 is 22.9 Å². The predicted molar refractivity (Wildman–Crippen MR) is 104 cm³/mol. The van der Waals surface area contributed by atoms with Crippen LogP contribution in [-0.2, 0) is 0 Å². The summed E-state index contributed by atoms with van der Waals surface area (Å²) in [4.78, 5) is 0.752. The van der Waals surface area contributed by atoms with Gasteiger partial charge in [-0.15, -0.1) is 0 Å². The van der Waals surface area contributed by atoms with E-state index in [1.165, 1.54) is 0 Å². The van der Waals surface area contributed by atoms with Gasteiger partial charge in [0.05, 0.1) is 0 Å². The van der Waals surface area contributed by atoms with Gasteiger partial charge in [-0.05, 0) is 12.1 Å². The third-order valence-electron chi connectivity index (χ3n) is 2.07. The molecule has 2 rings (SSSR count). The topological polar surface area (TPSA) is 12.0 Å². The Kier molecular flexibility index (Phi) is 16.9. The molecule has 0 saturated heterocycles. The molecule has 0 aliphatic rings. The van der Waals surface area contributed by atoms with Crippen molar-refractivity contribution in [2.75, 3.05) is 5.32 Å². The first-order valence-electron chi connectivity index (χ1n) is 7.78. The summed E-state index contributed by atoms with van der Waals surface area (Å²) < 4.78 is 0. The summed E-state index contributed by atoms with van der Waals surface area (Å²) in [6.45, 7) is 12.0. The average molecular weight is 306 g/mol. The van der Waals surface area contributed by atoms with Crippen LogP contribution in [0.15, 0.2) is 60.7 Å². The number of benzene rings is 2. The normalized spacial score (nSPS) is 7.71. The molecule has 0 bridgehead atoms. The maximum Gasteiger partial charge on any atom is 0.110 e. The number of hydrogen-bond donors (Lipinski definition) is 1. The van der Waals surface area contributed by atoms with E-state index in [1.807, 2.05) is 102 Å². The molecule has 0 amide bonds. The van der Waals surface area contributed by atoms with Crippen molar-refractivity contribution in [3.05, 3.63) is 66.2 Å². The first-order chi connectivity index (χ1) is 10.4. The van der Waals surface area contributed by atoms with E-state index < -0.39 is 0 Å². The van der Waals surface area contributed by atoms with Crippen LogP contribution in [0.3, 0.4) is 0 Å². The lowest BCUT2D eigenvalue weighted by atomic mass is 10.2. The van der Waals surface area contributed by atoms with Gasteiger partial charge in [-0.3, -0.25) is 0 Å². The highest BCUT2D eigenvalue weighted by Gasteiger charge is 1.99. The monoisotopic (exact) mass is 305 g/mol. The molecule has 0 aliphatic carbocycles. The fraction of sp³-hybridized carbons (Fsp3) is 0.316. The average Bonchev–Trinajstić information content (AvgIpc) is 2.62. The number of hydrogen-bond acceptors (Lipinski definition) is 1. The Hall–Kier alpha value is -1.67. The zero-order chi connectivity index (χ0) is 16.5. The van der Waals surface area contributed by atoms with Crippen LogP contribution < -0.4 is 5.32 Å².